The van der Waals surface area contributed by atoms with Gasteiger partial charge < -0.3 is 10.1 Å². The van der Waals surface area contributed by atoms with E-state index in [2.05, 4.69) is 21.2 Å². The number of benzene rings is 2. The summed E-state index contributed by atoms with van der Waals surface area (Å²) in [6.07, 6.45) is 1.07. The number of carbonyl (C=O) groups excluding carboxylic acids is 1. The van der Waals surface area contributed by atoms with Crippen molar-refractivity contribution >= 4 is 43.2 Å². The van der Waals surface area contributed by atoms with Crippen molar-refractivity contribution in [3.8, 4) is 5.75 Å². The smallest absolute Gasteiger partial charge is 0.245 e. The van der Waals surface area contributed by atoms with Crippen LogP contribution < -0.4 is 14.4 Å². The van der Waals surface area contributed by atoms with Crippen LogP contribution in [0.1, 0.15) is 5.56 Å². The Morgan fingerprint density at radius 1 is 1.20 bits per heavy atom. The summed E-state index contributed by atoms with van der Waals surface area (Å²) in [6.45, 7) is 1.54. The molecule has 0 bridgehead atoms. The minimum absolute atomic E-state index is 0.314. The Kier molecular flexibility index (Phi) is 6.07. The second-order valence-corrected chi connectivity index (χ2v) is 8.24. The van der Waals surface area contributed by atoms with E-state index in [1.54, 1.807) is 49.6 Å². The van der Waals surface area contributed by atoms with E-state index in [0.29, 0.717) is 17.1 Å². The van der Waals surface area contributed by atoms with Crippen LogP contribution in [0.5, 0.6) is 5.75 Å². The average molecular weight is 427 g/mol. The molecule has 2 aromatic carbocycles. The molecule has 0 radical (unpaired) electrons. The zero-order valence-electron chi connectivity index (χ0n) is 14.1. The molecule has 0 spiro atoms. The van der Waals surface area contributed by atoms with E-state index in [-0.39, 0.29) is 6.54 Å². The fraction of sp³-hybridized carbons (Fsp3) is 0.235. The Morgan fingerprint density at radius 3 is 2.36 bits per heavy atom. The molecule has 8 heteroatoms. The van der Waals surface area contributed by atoms with Gasteiger partial charge in [-0.3, -0.25) is 9.10 Å². The van der Waals surface area contributed by atoms with Crippen molar-refractivity contribution in [3.05, 3.63) is 52.5 Å². The van der Waals surface area contributed by atoms with E-state index in [9.17, 15) is 13.2 Å². The maximum Gasteiger partial charge on any atom is 0.245 e. The summed E-state index contributed by atoms with van der Waals surface area (Å²) in [5.74, 6) is 0.234. The highest BCUT2D eigenvalue weighted by Gasteiger charge is 2.21. The van der Waals surface area contributed by atoms with Crippen LogP contribution in [0.25, 0.3) is 0 Å². The van der Waals surface area contributed by atoms with Crippen LogP contribution in [0.4, 0.5) is 11.4 Å². The number of aryl methyl sites for hydroxylation is 1. The number of rotatable bonds is 6. The minimum atomic E-state index is -3.61. The monoisotopic (exact) mass is 426 g/mol. The standard InChI is InChI=1S/C17H19BrN2O4S/c1-12-10-14(6-9-16(12)18)20(25(3,22)23)11-17(21)19-13-4-7-15(24-2)8-5-13/h4-10H,11H2,1-3H3,(H,19,21). The summed E-state index contributed by atoms with van der Waals surface area (Å²) in [6, 6.07) is 11.9. The van der Waals surface area contributed by atoms with Gasteiger partial charge in [-0.25, -0.2) is 8.42 Å². The molecule has 0 aliphatic heterocycles. The quantitative estimate of drug-likeness (QED) is 0.769. The van der Waals surface area contributed by atoms with Gasteiger partial charge >= 0.3 is 0 Å². The van der Waals surface area contributed by atoms with Crippen LogP contribution in [-0.2, 0) is 14.8 Å². The van der Waals surface area contributed by atoms with Gasteiger partial charge in [0.15, 0.2) is 0 Å². The fourth-order valence-corrected chi connectivity index (χ4v) is 3.28. The number of amides is 1. The number of nitrogens with zero attached hydrogens (tertiary/aromatic N) is 1. The number of sulfonamides is 1. The molecule has 0 saturated heterocycles. The van der Waals surface area contributed by atoms with Gasteiger partial charge in [0.05, 0.1) is 19.1 Å². The molecule has 0 unspecified atom stereocenters. The number of halogens is 1. The second-order valence-electron chi connectivity index (χ2n) is 5.48. The SMILES string of the molecule is COc1ccc(NC(=O)CN(c2ccc(Br)c(C)c2)S(C)(=O)=O)cc1. The van der Waals surface area contributed by atoms with E-state index in [1.165, 1.54) is 0 Å². The molecule has 0 fully saturated rings. The fourth-order valence-electron chi connectivity index (χ4n) is 2.19. The second kappa shape index (κ2) is 7.88. The largest absolute Gasteiger partial charge is 0.497 e. The first kappa shape index (κ1) is 19.3. The van der Waals surface area contributed by atoms with E-state index in [0.717, 1.165) is 20.6 Å². The molecule has 0 heterocycles. The molecule has 0 atom stereocenters. The first-order valence-electron chi connectivity index (χ1n) is 7.38. The van der Waals surface area contributed by atoms with E-state index < -0.39 is 15.9 Å². The Hall–Kier alpha value is -2.06. The van der Waals surface area contributed by atoms with Crippen molar-refractivity contribution in [2.45, 2.75) is 6.92 Å². The summed E-state index contributed by atoms with van der Waals surface area (Å²) < 4.78 is 31.2. The highest BCUT2D eigenvalue weighted by molar-refractivity contribution is 9.10. The lowest BCUT2D eigenvalue weighted by Gasteiger charge is -2.22. The molecule has 2 rings (SSSR count). The highest BCUT2D eigenvalue weighted by Crippen LogP contribution is 2.24. The predicted molar refractivity (Wildman–Crippen MR) is 103 cm³/mol. The lowest BCUT2D eigenvalue weighted by Crippen LogP contribution is -2.37. The average Bonchev–Trinajstić information content (AvgIpc) is 2.55. The van der Waals surface area contributed by atoms with Gasteiger partial charge in [0.25, 0.3) is 0 Å². The number of hydrogen-bond donors (Lipinski definition) is 1. The van der Waals surface area contributed by atoms with Crippen LogP contribution in [0.2, 0.25) is 0 Å². The number of carbonyl (C=O) groups is 1. The molecule has 6 nitrogen and oxygen atoms in total. The summed E-state index contributed by atoms with van der Waals surface area (Å²) in [7, 11) is -2.06. The van der Waals surface area contributed by atoms with Crippen molar-refractivity contribution in [1.82, 2.24) is 0 Å². The Labute approximate surface area is 156 Å². The normalized spacial score (nSPS) is 11.0. The molecule has 2 aromatic rings. The topological polar surface area (TPSA) is 75.7 Å². The molecule has 1 amide bonds. The Morgan fingerprint density at radius 2 is 1.84 bits per heavy atom. The number of hydrogen-bond acceptors (Lipinski definition) is 4. The molecule has 0 aromatic heterocycles. The molecule has 0 aliphatic carbocycles. The van der Waals surface area contributed by atoms with Crippen molar-refractivity contribution < 1.29 is 17.9 Å². The van der Waals surface area contributed by atoms with Crippen LogP contribution in [0.15, 0.2) is 46.9 Å². The third-order valence-electron chi connectivity index (χ3n) is 3.49. The zero-order chi connectivity index (χ0) is 18.6. The van der Waals surface area contributed by atoms with Crippen molar-refractivity contribution in [3.63, 3.8) is 0 Å². The van der Waals surface area contributed by atoms with E-state index in [4.69, 9.17) is 4.74 Å². The molecule has 0 saturated carbocycles. The van der Waals surface area contributed by atoms with Gasteiger partial charge in [0, 0.05) is 10.2 Å². The van der Waals surface area contributed by atoms with Crippen LogP contribution in [-0.4, -0.2) is 34.2 Å². The maximum atomic E-state index is 12.3. The van der Waals surface area contributed by atoms with Crippen molar-refractivity contribution in [2.75, 3.05) is 29.5 Å². The molecule has 1 N–H and O–H groups in total. The Balaban J connectivity index is 2.18. The highest BCUT2D eigenvalue weighted by atomic mass is 79.9. The number of anilines is 2. The summed E-state index contributed by atoms with van der Waals surface area (Å²) in [4.78, 5) is 12.3. The summed E-state index contributed by atoms with van der Waals surface area (Å²) >= 11 is 3.38. The van der Waals surface area contributed by atoms with Gasteiger partial charge in [0.2, 0.25) is 15.9 Å². The molecule has 25 heavy (non-hydrogen) atoms. The van der Waals surface area contributed by atoms with Crippen LogP contribution in [0.3, 0.4) is 0 Å². The Bertz CT molecular complexity index is 867. The van der Waals surface area contributed by atoms with E-state index >= 15 is 0 Å². The van der Waals surface area contributed by atoms with Gasteiger partial charge in [-0.15, -0.1) is 0 Å². The predicted octanol–water partition coefficient (Wildman–Crippen LogP) is 3.17. The summed E-state index contributed by atoms with van der Waals surface area (Å²) in [5.41, 5.74) is 1.88. The van der Waals surface area contributed by atoms with Gasteiger partial charge in [-0.05, 0) is 55.0 Å². The summed E-state index contributed by atoms with van der Waals surface area (Å²) in [5, 5.41) is 2.68. The number of nitrogens with one attached hydrogen (secondary N) is 1. The lowest BCUT2D eigenvalue weighted by molar-refractivity contribution is -0.114. The minimum Gasteiger partial charge on any atom is -0.497 e. The number of methoxy groups -OCH3 is 1. The van der Waals surface area contributed by atoms with Gasteiger partial charge in [-0.1, -0.05) is 15.9 Å². The molecular formula is C17H19BrN2O4S. The van der Waals surface area contributed by atoms with Crippen molar-refractivity contribution in [2.24, 2.45) is 0 Å². The van der Waals surface area contributed by atoms with Gasteiger partial charge in [0.1, 0.15) is 12.3 Å². The molecule has 0 aliphatic rings. The molecule has 134 valence electrons. The first-order chi connectivity index (χ1) is 11.7. The number of ether oxygens (including phenoxy) is 1. The third-order valence-corrected chi connectivity index (χ3v) is 5.52. The van der Waals surface area contributed by atoms with E-state index in [1.807, 2.05) is 6.92 Å². The lowest BCUT2D eigenvalue weighted by atomic mass is 10.2. The third kappa shape index (κ3) is 5.20. The van der Waals surface area contributed by atoms with Crippen molar-refractivity contribution in [1.29, 1.82) is 0 Å². The molecular weight excluding hydrogens is 408 g/mol. The van der Waals surface area contributed by atoms with Crippen LogP contribution >= 0.6 is 15.9 Å². The first-order valence-corrected chi connectivity index (χ1v) is 10.0. The zero-order valence-corrected chi connectivity index (χ0v) is 16.5. The van der Waals surface area contributed by atoms with Crippen LogP contribution in [0, 0.1) is 6.92 Å². The maximum absolute atomic E-state index is 12.3. The van der Waals surface area contributed by atoms with Gasteiger partial charge in [-0.2, -0.15) is 0 Å².